The number of alkyl halides is 3. The Morgan fingerprint density at radius 1 is 1.36 bits per heavy atom. The normalized spacial score (nSPS) is 11.5. The van der Waals surface area contributed by atoms with E-state index in [2.05, 4.69) is 10.3 Å². The van der Waals surface area contributed by atoms with Gasteiger partial charge in [-0.2, -0.15) is 13.2 Å². The lowest BCUT2D eigenvalue weighted by atomic mass is 10.1. The van der Waals surface area contributed by atoms with Crippen molar-refractivity contribution in [3.8, 4) is 0 Å². The highest BCUT2D eigenvalue weighted by molar-refractivity contribution is 5.62. The van der Waals surface area contributed by atoms with Gasteiger partial charge in [0, 0.05) is 6.07 Å². The molecule has 0 saturated carbocycles. The van der Waals surface area contributed by atoms with Crippen LogP contribution in [0.4, 0.5) is 24.5 Å². The van der Waals surface area contributed by atoms with Crippen molar-refractivity contribution in [3.05, 3.63) is 51.2 Å². The molecule has 0 atom stereocenters. The van der Waals surface area contributed by atoms with E-state index in [0.29, 0.717) is 23.4 Å². The summed E-state index contributed by atoms with van der Waals surface area (Å²) in [7, 11) is 0. The molecule has 22 heavy (non-hydrogen) atoms. The lowest BCUT2D eigenvalue weighted by Gasteiger charge is -2.09. The Kier molecular flexibility index (Phi) is 4.07. The molecule has 6 nitrogen and oxygen atoms in total. The maximum Gasteiger partial charge on any atom is 0.416 e. The van der Waals surface area contributed by atoms with E-state index < -0.39 is 22.4 Å². The number of rotatable bonds is 4. The van der Waals surface area contributed by atoms with Gasteiger partial charge in [0.1, 0.15) is 11.4 Å². The van der Waals surface area contributed by atoms with Crippen molar-refractivity contribution in [2.45, 2.75) is 26.6 Å². The maximum atomic E-state index is 12.6. The number of hydrogen-bond donors (Lipinski definition) is 1. The van der Waals surface area contributed by atoms with Crippen molar-refractivity contribution >= 4 is 11.4 Å². The van der Waals surface area contributed by atoms with E-state index >= 15 is 0 Å². The molecule has 0 aliphatic heterocycles. The first-order valence-corrected chi connectivity index (χ1v) is 6.21. The number of aryl methyl sites for hydroxylation is 2. The first kappa shape index (κ1) is 15.8. The fraction of sp³-hybridized carbons (Fsp3) is 0.308. The lowest BCUT2D eigenvalue weighted by molar-refractivity contribution is -0.384. The van der Waals surface area contributed by atoms with Crippen molar-refractivity contribution in [1.82, 2.24) is 4.98 Å². The summed E-state index contributed by atoms with van der Waals surface area (Å²) in [6.45, 7) is 3.48. The summed E-state index contributed by atoms with van der Waals surface area (Å²) >= 11 is 0. The van der Waals surface area contributed by atoms with Gasteiger partial charge < -0.3 is 9.73 Å². The third-order valence-electron chi connectivity index (χ3n) is 3.02. The minimum Gasteiger partial charge on any atom is -0.444 e. The van der Waals surface area contributed by atoms with Crippen molar-refractivity contribution in [3.63, 3.8) is 0 Å². The molecule has 1 heterocycles. The zero-order valence-electron chi connectivity index (χ0n) is 11.7. The van der Waals surface area contributed by atoms with Crippen LogP contribution in [0.3, 0.4) is 0 Å². The van der Waals surface area contributed by atoms with Gasteiger partial charge in [-0.1, -0.05) is 0 Å². The van der Waals surface area contributed by atoms with Crippen LogP contribution in [0.5, 0.6) is 0 Å². The quantitative estimate of drug-likeness (QED) is 0.685. The molecule has 0 aliphatic rings. The first-order chi connectivity index (χ1) is 10.2. The number of nitrogens with zero attached hydrogens (tertiary/aromatic N) is 2. The van der Waals surface area contributed by atoms with E-state index in [1.54, 1.807) is 13.8 Å². The molecule has 0 fully saturated rings. The predicted molar refractivity (Wildman–Crippen MR) is 71.4 cm³/mol. The molecule has 0 unspecified atom stereocenters. The van der Waals surface area contributed by atoms with Gasteiger partial charge in [-0.3, -0.25) is 10.1 Å². The molecule has 0 radical (unpaired) electrons. The highest BCUT2D eigenvalue weighted by Gasteiger charge is 2.33. The number of nitrogens with one attached hydrogen (secondary N) is 1. The molecule has 1 aromatic carbocycles. The Bertz CT molecular complexity index is 691. The SMILES string of the molecule is Cc1nc(CNc2ccc(C(F)(F)F)cc2[N+](=O)[O-])oc1C. The third-order valence-corrected chi connectivity index (χ3v) is 3.02. The van der Waals surface area contributed by atoms with Crippen LogP contribution < -0.4 is 5.32 Å². The van der Waals surface area contributed by atoms with E-state index in [-0.39, 0.29) is 12.2 Å². The monoisotopic (exact) mass is 315 g/mol. The number of oxazole rings is 1. The van der Waals surface area contributed by atoms with E-state index in [9.17, 15) is 23.3 Å². The number of aromatic nitrogens is 1. The Labute approximate surface area is 123 Å². The van der Waals surface area contributed by atoms with Crippen molar-refractivity contribution in [2.75, 3.05) is 5.32 Å². The van der Waals surface area contributed by atoms with Gasteiger partial charge in [0.15, 0.2) is 0 Å². The van der Waals surface area contributed by atoms with Crippen LogP contribution in [-0.2, 0) is 12.7 Å². The smallest absolute Gasteiger partial charge is 0.416 e. The summed E-state index contributed by atoms with van der Waals surface area (Å²) in [5.74, 6) is 0.905. The maximum absolute atomic E-state index is 12.6. The first-order valence-electron chi connectivity index (χ1n) is 6.21. The molecule has 0 amide bonds. The summed E-state index contributed by atoms with van der Waals surface area (Å²) in [4.78, 5) is 14.1. The van der Waals surface area contributed by atoms with E-state index in [1.165, 1.54) is 0 Å². The number of nitro groups is 1. The van der Waals surface area contributed by atoms with Crippen molar-refractivity contribution in [1.29, 1.82) is 0 Å². The zero-order valence-corrected chi connectivity index (χ0v) is 11.7. The van der Waals surface area contributed by atoms with Crippen molar-refractivity contribution < 1.29 is 22.5 Å². The minimum atomic E-state index is -4.64. The molecule has 2 aromatic rings. The summed E-state index contributed by atoms with van der Waals surface area (Å²) in [6, 6.07) is 2.29. The topological polar surface area (TPSA) is 81.2 Å². The average Bonchev–Trinajstić information content (AvgIpc) is 2.74. The number of anilines is 1. The molecule has 1 N–H and O–H groups in total. The van der Waals surface area contributed by atoms with E-state index in [1.807, 2.05) is 0 Å². The van der Waals surface area contributed by atoms with Crippen LogP contribution in [0, 0.1) is 24.0 Å². The van der Waals surface area contributed by atoms with Crippen LogP contribution in [0.15, 0.2) is 22.6 Å². The van der Waals surface area contributed by atoms with Gasteiger partial charge in [0.2, 0.25) is 5.89 Å². The standard InChI is InChI=1S/C13H12F3N3O3/c1-7-8(2)22-12(18-7)6-17-10-4-3-9(13(14,15)16)5-11(10)19(20)21/h3-5,17H,6H2,1-2H3. The Morgan fingerprint density at radius 2 is 2.05 bits per heavy atom. The largest absolute Gasteiger partial charge is 0.444 e. The minimum absolute atomic E-state index is 0.0287. The van der Waals surface area contributed by atoms with Crippen molar-refractivity contribution in [2.24, 2.45) is 0 Å². The number of hydrogen-bond acceptors (Lipinski definition) is 5. The second-order valence-corrected chi connectivity index (χ2v) is 4.59. The highest BCUT2D eigenvalue weighted by atomic mass is 19.4. The second-order valence-electron chi connectivity index (χ2n) is 4.59. The molecule has 0 saturated heterocycles. The van der Waals surface area contributed by atoms with Gasteiger partial charge in [-0.05, 0) is 26.0 Å². The van der Waals surface area contributed by atoms with Crippen LogP contribution in [0.2, 0.25) is 0 Å². The third kappa shape index (κ3) is 3.35. The Hall–Kier alpha value is -2.58. The molecule has 0 spiro atoms. The second kappa shape index (κ2) is 5.66. The zero-order chi connectivity index (χ0) is 16.5. The van der Waals surface area contributed by atoms with Gasteiger partial charge in [-0.25, -0.2) is 4.98 Å². The van der Waals surface area contributed by atoms with Crippen LogP contribution in [0.25, 0.3) is 0 Å². The van der Waals surface area contributed by atoms with E-state index in [4.69, 9.17) is 4.42 Å². The van der Waals surface area contributed by atoms with Gasteiger partial charge in [0.05, 0.1) is 22.7 Å². The van der Waals surface area contributed by atoms with Gasteiger partial charge in [-0.15, -0.1) is 0 Å². The Morgan fingerprint density at radius 3 is 2.55 bits per heavy atom. The fourth-order valence-electron chi connectivity index (χ4n) is 1.79. The molecule has 0 bridgehead atoms. The molecule has 2 rings (SSSR count). The average molecular weight is 315 g/mol. The molecule has 0 aliphatic carbocycles. The summed E-state index contributed by atoms with van der Waals surface area (Å²) < 4.78 is 43.1. The number of halogens is 3. The predicted octanol–water partition coefficient (Wildman–Crippen LogP) is 3.83. The van der Waals surface area contributed by atoms with Crippen LogP contribution in [-0.4, -0.2) is 9.91 Å². The molecule has 1 aromatic heterocycles. The van der Waals surface area contributed by atoms with E-state index in [0.717, 1.165) is 12.1 Å². The van der Waals surface area contributed by atoms with Crippen LogP contribution >= 0.6 is 0 Å². The summed E-state index contributed by atoms with van der Waals surface area (Å²) in [5.41, 5.74) is -1.09. The lowest BCUT2D eigenvalue weighted by Crippen LogP contribution is -2.08. The summed E-state index contributed by atoms with van der Waals surface area (Å²) in [6.07, 6.45) is -4.64. The number of nitro benzene ring substituents is 1. The molecular weight excluding hydrogens is 303 g/mol. The summed E-state index contributed by atoms with van der Waals surface area (Å²) in [5, 5.41) is 13.6. The molecule has 118 valence electrons. The van der Waals surface area contributed by atoms with Gasteiger partial charge in [0.25, 0.3) is 5.69 Å². The highest BCUT2D eigenvalue weighted by Crippen LogP contribution is 2.35. The molecular formula is C13H12F3N3O3. The molecule has 9 heteroatoms. The Balaban J connectivity index is 2.25. The number of benzene rings is 1. The van der Waals surface area contributed by atoms with Crippen LogP contribution in [0.1, 0.15) is 22.9 Å². The van der Waals surface area contributed by atoms with Gasteiger partial charge >= 0.3 is 6.18 Å². The fourth-order valence-corrected chi connectivity index (χ4v) is 1.79.